The van der Waals surface area contributed by atoms with Crippen LogP contribution in [0.2, 0.25) is 5.02 Å². The third-order valence-electron chi connectivity index (χ3n) is 6.64. The lowest BCUT2D eigenvalue weighted by Crippen LogP contribution is -2.40. The normalized spacial score (nSPS) is 20.6. The van der Waals surface area contributed by atoms with Crippen LogP contribution in [-0.2, 0) is 21.4 Å². The van der Waals surface area contributed by atoms with E-state index in [0.29, 0.717) is 42.5 Å². The lowest BCUT2D eigenvalue weighted by atomic mass is 9.96. The zero-order valence-corrected chi connectivity index (χ0v) is 20.8. The lowest BCUT2D eigenvalue weighted by molar-refractivity contribution is -0.121. The number of carbonyl (C=O) groups excluding carboxylic acids is 1. The number of amides is 1. The van der Waals surface area contributed by atoms with Crippen molar-refractivity contribution in [1.29, 1.82) is 0 Å². The number of benzene rings is 2. The second-order valence-corrected chi connectivity index (χ2v) is 11.5. The van der Waals surface area contributed by atoms with E-state index in [4.69, 9.17) is 11.6 Å². The first-order valence-corrected chi connectivity index (χ1v) is 13.7. The van der Waals surface area contributed by atoms with Gasteiger partial charge >= 0.3 is 0 Å². The van der Waals surface area contributed by atoms with Crippen molar-refractivity contribution in [3.05, 3.63) is 58.9 Å². The monoisotopic (exact) mass is 507 g/mol. The molecular weight excluding hydrogens is 477 g/mol. The summed E-state index contributed by atoms with van der Waals surface area (Å²) < 4.78 is 41.6. The molecule has 2 aromatic carbocycles. The molecule has 1 amide bonds. The predicted octanol–water partition coefficient (Wildman–Crippen LogP) is 4.89. The van der Waals surface area contributed by atoms with Gasteiger partial charge in [0.05, 0.1) is 10.8 Å². The molecule has 2 aliphatic heterocycles. The Kier molecular flexibility index (Phi) is 8.24. The molecule has 0 spiro atoms. The van der Waals surface area contributed by atoms with Gasteiger partial charge in [-0.1, -0.05) is 30.5 Å². The number of rotatable bonds is 6. The number of nitrogens with one attached hydrogen (secondary N) is 1. The molecule has 2 saturated heterocycles. The van der Waals surface area contributed by atoms with Crippen LogP contribution in [0, 0.1) is 11.7 Å². The smallest absolute Gasteiger partial charge is 0.243 e. The maximum atomic E-state index is 14.2. The molecule has 2 fully saturated rings. The standard InChI is InChI=1S/C25H31ClFN3O3S/c26-23-8-5-9-24(27)22(23)18-29-14-6-7-19(17-29)25(31)28-20-10-12-21(13-11-20)34(32,33)30-15-3-1-2-4-16-30/h5,8-13,19H,1-4,6-7,14-18H2,(H,28,31). The fourth-order valence-electron chi connectivity index (χ4n) is 4.71. The maximum absolute atomic E-state index is 14.2. The first kappa shape index (κ1) is 25.1. The van der Waals surface area contributed by atoms with Crippen LogP contribution < -0.4 is 5.32 Å². The molecule has 4 rings (SSSR count). The number of halogens is 2. The summed E-state index contributed by atoms with van der Waals surface area (Å²) in [4.78, 5) is 15.2. The van der Waals surface area contributed by atoms with E-state index >= 15 is 0 Å². The topological polar surface area (TPSA) is 69.7 Å². The van der Waals surface area contributed by atoms with Gasteiger partial charge in [-0.2, -0.15) is 4.31 Å². The van der Waals surface area contributed by atoms with E-state index in [1.807, 2.05) is 0 Å². The van der Waals surface area contributed by atoms with Gasteiger partial charge in [0, 0.05) is 42.5 Å². The Bertz CT molecular complexity index is 1080. The van der Waals surface area contributed by atoms with Crippen molar-refractivity contribution >= 4 is 33.2 Å². The van der Waals surface area contributed by atoms with Crippen LogP contribution in [0.1, 0.15) is 44.1 Å². The van der Waals surface area contributed by atoms with Crippen molar-refractivity contribution in [2.45, 2.75) is 50.0 Å². The molecule has 0 aliphatic carbocycles. The van der Waals surface area contributed by atoms with Gasteiger partial charge in [-0.3, -0.25) is 9.69 Å². The van der Waals surface area contributed by atoms with Crippen LogP contribution in [0.5, 0.6) is 0 Å². The van der Waals surface area contributed by atoms with Crippen molar-refractivity contribution in [3.8, 4) is 0 Å². The third-order valence-corrected chi connectivity index (χ3v) is 8.91. The average Bonchev–Trinajstić information content (AvgIpc) is 3.12. The number of anilines is 1. The Morgan fingerprint density at radius 2 is 1.71 bits per heavy atom. The number of sulfonamides is 1. The van der Waals surface area contributed by atoms with Gasteiger partial charge in [0.1, 0.15) is 5.82 Å². The highest BCUT2D eigenvalue weighted by molar-refractivity contribution is 7.89. The number of nitrogens with zero attached hydrogens (tertiary/aromatic N) is 2. The fraction of sp³-hybridized carbons (Fsp3) is 0.480. The Morgan fingerprint density at radius 1 is 1.00 bits per heavy atom. The highest BCUT2D eigenvalue weighted by Crippen LogP contribution is 2.26. The summed E-state index contributed by atoms with van der Waals surface area (Å²) in [5.74, 6) is -0.693. The number of hydrogen-bond donors (Lipinski definition) is 1. The first-order valence-electron chi connectivity index (χ1n) is 11.9. The minimum Gasteiger partial charge on any atom is -0.326 e. The molecule has 1 unspecified atom stereocenters. The quantitative estimate of drug-likeness (QED) is 0.604. The highest BCUT2D eigenvalue weighted by Gasteiger charge is 2.28. The molecule has 2 aromatic rings. The SMILES string of the molecule is O=C(Nc1ccc(S(=O)(=O)N2CCCCCC2)cc1)C1CCCN(Cc2c(F)cccc2Cl)C1. The molecule has 2 aliphatic rings. The maximum Gasteiger partial charge on any atom is 0.243 e. The van der Waals surface area contributed by atoms with E-state index in [1.165, 1.54) is 6.07 Å². The molecule has 6 nitrogen and oxygen atoms in total. The predicted molar refractivity (Wildman–Crippen MR) is 132 cm³/mol. The number of carbonyl (C=O) groups is 1. The summed E-state index contributed by atoms with van der Waals surface area (Å²) in [5.41, 5.74) is 1.01. The molecule has 184 valence electrons. The number of piperidine rings is 1. The molecule has 0 bridgehead atoms. The van der Waals surface area contributed by atoms with Gasteiger partial charge in [-0.05, 0) is 68.6 Å². The second kappa shape index (κ2) is 11.2. The second-order valence-electron chi connectivity index (χ2n) is 9.11. The summed E-state index contributed by atoms with van der Waals surface area (Å²) in [7, 11) is -3.52. The summed E-state index contributed by atoms with van der Waals surface area (Å²) in [6.45, 7) is 2.75. The molecular formula is C25H31ClFN3O3S. The van der Waals surface area contributed by atoms with Crippen LogP contribution in [0.15, 0.2) is 47.4 Å². The molecule has 0 radical (unpaired) electrons. The Morgan fingerprint density at radius 3 is 2.38 bits per heavy atom. The number of hydrogen-bond acceptors (Lipinski definition) is 4. The van der Waals surface area contributed by atoms with E-state index in [2.05, 4.69) is 10.2 Å². The van der Waals surface area contributed by atoms with Gasteiger partial charge in [-0.15, -0.1) is 0 Å². The van der Waals surface area contributed by atoms with Crippen molar-refractivity contribution in [1.82, 2.24) is 9.21 Å². The van der Waals surface area contributed by atoms with Crippen LogP contribution in [-0.4, -0.2) is 49.7 Å². The van der Waals surface area contributed by atoms with Crippen molar-refractivity contribution < 1.29 is 17.6 Å². The van der Waals surface area contributed by atoms with Crippen LogP contribution in [0.25, 0.3) is 0 Å². The Balaban J connectivity index is 1.36. The zero-order valence-electron chi connectivity index (χ0n) is 19.2. The van der Waals surface area contributed by atoms with Gasteiger partial charge in [0.25, 0.3) is 0 Å². The van der Waals surface area contributed by atoms with Crippen molar-refractivity contribution in [2.24, 2.45) is 5.92 Å². The molecule has 1 atom stereocenters. The summed E-state index contributed by atoms with van der Waals surface area (Å²) in [6, 6.07) is 11.0. The highest BCUT2D eigenvalue weighted by atomic mass is 35.5. The van der Waals surface area contributed by atoms with Gasteiger partial charge in [0.15, 0.2) is 0 Å². The van der Waals surface area contributed by atoms with Crippen LogP contribution in [0.3, 0.4) is 0 Å². The van der Waals surface area contributed by atoms with E-state index in [-0.39, 0.29) is 22.5 Å². The van der Waals surface area contributed by atoms with Crippen molar-refractivity contribution in [2.75, 3.05) is 31.5 Å². The van der Waals surface area contributed by atoms with Crippen LogP contribution >= 0.6 is 11.6 Å². The van der Waals surface area contributed by atoms with E-state index in [1.54, 1.807) is 40.7 Å². The van der Waals surface area contributed by atoms with Crippen LogP contribution in [0.4, 0.5) is 10.1 Å². The van der Waals surface area contributed by atoms with Gasteiger partial charge in [0.2, 0.25) is 15.9 Å². The summed E-state index contributed by atoms with van der Waals surface area (Å²) in [6.07, 6.45) is 5.46. The van der Waals surface area contributed by atoms with E-state index < -0.39 is 10.0 Å². The minimum absolute atomic E-state index is 0.118. The minimum atomic E-state index is -3.52. The average molecular weight is 508 g/mol. The first-order chi connectivity index (χ1) is 16.3. The van der Waals surface area contributed by atoms with E-state index in [9.17, 15) is 17.6 Å². The third kappa shape index (κ3) is 5.97. The number of likely N-dealkylation sites (tertiary alicyclic amines) is 1. The van der Waals surface area contributed by atoms with Crippen molar-refractivity contribution in [3.63, 3.8) is 0 Å². The zero-order chi connectivity index (χ0) is 24.1. The Labute approximate surface area is 206 Å². The largest absolute Gasteiger partial charge is 0.326 e. The Hall–Kier alpha value is -2.00. The molecule has 9 heteroatoms. The molecule has 0 saturated carbocycles. The molecule has 2 heterocycles. The molecule has 0 aromatic heterocycles. The molecule has 34 heavy (non-hydrogen) atoms. The summed E-state index contributed by atoms with van der Waals surface area (Å²) >= 11 is 6.17. The fourth-order valence-corrected chi connectivity index (χ4v) is 6.45. The van der Waals surface area contributed by atoms with E-state index in [0.717, 1.165) is 45.1 Å². The summed E-state index contributed by atoms with van der Waals surface area (Å²) in [5, 5.41) is 3.30. The van der Waals surface area contributed by atoms with Gasteiger partial charge in [-0.25, -0.2) is 12.8 Å². The lowest BCUT2D eigenvalue weighted by Gasteiger charge is -2.32. The van der Waals surface area contributed by atoms with Gasteiger partial charge < -0.3 is 5.32 Å². The molecule has 1 N–H and O–H groups in total.